The van der Waals surface area contributed by atoms with Crippen LogP contribution in [0, 0.1) is 0 Å². The van der Waals surface area contributed by atoms with Gasteiger partial charge in [0.1, 0.15) is 5.75 Å². The van der Waals surface area contributed by atoms with E-state index in [-0.39, 0.29) is 11.8 Å². The average Bonchev–Trinajstić information content (AvgIpc) is 2.88. The maximum Gasteiger partial charge on any atom is 0.387 e. The van der Waals surface area contributed by atoms with Gasteiger partial charge in [-0.1, -0.05) is 6.07 Å². The van der Waals surface area contributed by atoms with E-state index < -0.39 is 6.61 Å². The van der Waals surface area contributed by atoms with Gasteiger partial charge in [-0.05, 0) is 26.0 Å². The first-order chi connectivity index (χ1) is 9.56. The van der Waals surface area contributed by atoms with Crippen LogP contribution >= 0.6 is 0 Å². The lowest BCUT2D eigenvalue weighted by Gasteiger charge is -2.28. The lowest BCUT2D eigenvalue weighted by molar-refractivity contribution is -0.0498. The Morgan fingerprint density at radius 3 is 2.75 bits per heavy atom. The molecule has 4 nitrogen and oxygen atoms in total. The normalized spacial score (nSPS) is 11.1. The van der Waals surface area contributed by atoms with Crippen LogP contribution in [0.25, 0.3) is 0 Å². The maximum atomic E-state index is 12.3. The van der Waals surface area contributed by atoms with Gasteiger partial charge in [-0.15, -0.1) is 0 Å². The second kappa shape index (κ2) is 6.36. The third kappa shape index (κ3) is 3.69. The number of rotatable bonds is 6. The molecule has 0 saturated heterocycles. The van der Waals surface area contributed by atoms with Gasteiger partial charge in [-0.3, -0.25) is 0 Å². The van der Waals surface area contributed by atoms with Gasteiger partial charge in [0.2, 0.25) is 0 Å². The topological polar surface area (TPSA) is 41.2 Å². The van der Waals surface area contributed by atoms with Gasteiger partial charge in [-0.2, -0.15) is 8.78 Å². The van der Waals surface area contributed by atoms with Crippen molar-refractivity contribution < 1.29 is 13.5 Å². The lowest BCUT2D eigenvalue weighted by atomic mass is 10.2. The van der Waals surface area contributed by atoms with E-state index >= 15 is 0 Å². The molecule has 1 aromatic heterocycles. The fourth-order valence-corrected chi connectivity index (χ4v) is 1.97. The van der Waals surface area contributed by atoms with E-state index in [1.807, 2.05) is 19.9 Å². The molecule has 0 aliphatic carbocycles. The van der Waals surface area contributed by atoms with Crippen molar-refractivity contribution in [1.29, 1.82) is 0 Å². The molecule has 2 aromatic rings. The number of halogens is 2. The van der Waals surface area contributed by atoms with E-state index in [1.165, 1.54) is 6.07 Å². The summed E-state index contributed by atoms with van der Waals surface area (Å²) in [6, 6.07) is 6.91. The van der Waals surface area contributed by atoms with E-state index in [0.29, 0.717) is 6.54 Å². The highest BCUT2D eigenvalue weighted by molar-refractivity contribution is 5.51. The summed E-state index contributed by atoms with van der Waals surface area (Å²) in [5.74, 6) is 0.160. The standard InChI is InChI=1S/C14H17F2N3O/c1-10(2)19(8-11-7-17-9-18-11)12-4-3-5-13(6-12)20-14(15)16/h3-7,9-10,14H,8H2,1-2H3,(H,17,18). The summed E-state index contributed by atoms with van der Waals surface area (Å²) >= 11 is 0. The molecule has 0 fully saturated rings. The smallest absolute Gasteiger partial charge is 0.387 e. The predicted molar refractivity (Wildman–Crippen MR) is 73.0 cm³/mol. The highest BCUT2D eigenvalue weighted by Crippen LogP contribution is 2.25. The van der Waals surface area contributed by atoms with Crippen molar-refractivity contribution in [1.82, 2.24) is 9.97 Å². The van der Waals surface area contributed by atoms with Crippen LogP contribution in [0.4, 0.5) is 14.5 Å². The first-order valence-electron chi connectivity index (χ1n) is 6.35. The van der Waals surface area contributed by atoms with Crippen LogP contribution in [0.15, 0.2) is 36.8 Å². The molecule has 0 radical (unpaired) electrons. The van der Waals surface area contributed by atoms with Gasteiger partial charge < -0.3 is 14.6 Å². The van der Waals surface area contributed by atoms with Crippen LogP contribution < -0.4 is 9.64 Å². The zero-order valence-corrected chi connectivity index (χ0v) is 11.4. The molecule has 0 aliphatic rings. The molecule has 0 saturated carbocycles. The molecule has 2 rings (SSSR count). The van der Waals surface area contributed by atoms with Crippen LogP contribution in [0.2, 0.25) is 0 Å². The quantitative estimate of drug-likeness (QED) is 0.882. The second-order valence-corrected chi connectivity index (χ2v) is 4.67. The van der Waals surface area contributed by atoms with Crippen molar-refractivity contribution in [3.05, 3.63) is 42.5 Å². The number of nitrogens with zero attached hydrogens (tertiary/aromatic N) is 2. The summed E-state index contributed by atoms with van der Waals surface area (Å²) in [5.41, 5.74) is 1.78. The molecule has 20 heavy (non-hydrogen) atoms. The number of ether oxygens (including phenoxy) is 1. The Hall–Kier alpha value is -2.11. The van der Waals surface area contributed by atoms with Crippen molar-refractivity contribution >= 4 is 5.69 Å². The zero-order chi connectivity index (χ0) is 14.5. The van der Waals surface area contributed by atoms with E-state index in [9.17, 15) is 8.78 Å². The summed E-state index contributed by atoms with van der Waals surface area (Å²) < 4.78 is 29.0. The van der Waals surface area contributed by atoms with Gasteiger partial charge in [-0.25, -0.2) is 4.98 Å². The molecule has 1 aromatic carbocycles. The van der Waals surface area contributed by atoms with Crippen LogP contribution in [0.3, 0.4) is 0 Å². The fourth-order valence-electron chi connectivity index (χ4n) is 1.97. The molecule has 0 unspecified atom stereocenters. The molecule has 0 spiro atoms. The molecular formula is C14H17F2N3O. The van der Waals surface area contributed by atoms with Crippen LogP contribution in [-0.4, -0.2) is 22.6 Å². The van der Waals surface area contributed by atoms with Crippen molar-refractivity contribution in [3.8, 4) is 5.75 Å². The number of imidazole rings is 1. The summed E-state index contributed by atoms with van der Waals surface area (Å²) in [5, 5.41) is 0. The molecular weight excluding hydrogens is 264 g/mol. The van der Waals surface area contributed by atoms with E-state index in [1.54, 1.807) is 24.7 Å². The van der Waals surface area contributed by atoms with Crippen molar-refractivity contribution in [2.45, 2.75) is 33.0 Å². The Kier molecular flexibility index (Phi) is 4.55. The maximum absolute atomic E-state index is 12.3. The van der Waals surface area contributed by atoms with Crippen molar-refractivity contribution in [2.24, 2.45) is 0 Å². The Balaban J connectivity index is 2.20. The van der Waals surface area contributed by atoms with Crippen molar-refractivity contribution in [2.75, 3.05) is 4.90 Å². The summed E-state index contributed by atoms with van der Waals surface area (Å²) in [6.07, 6.45) is 3.36. The number of hydrogen-bond acceptors (Lipinski definition) is 3. The Morgan fingerprint density at radius 2 is 2.15 bits per heavy atom. The van der Waals surface area contributed by atoms with Gasteiger partial charge in [0.25, 0.3) is 0 Å². The summed E-state index contributed by atoms with van der Waals surface area (Å²) in [4.78, 5) is 9.09. The number of aromatic amines is 1. The van der Waals surface area contributed by atoms with Crippen LogP contribution in [0.1, 0.15) is 19.5 Å². The Morgan fingerprint density at radius 1 is 1.35 bits per heavy atom. The monoisotopic (exact) mass is 281 g/mol. The summed E-state index contributed by atoms with van der Waals surface area (Å²) in [6.45, 7) is 1.88. The van der Waals surface area contributed by atoms with Crippen LogP contribution in [0.5, 0.6) is 5.75 Å². The average molecular weight is 281 g/mol. The first-order valence-corrected chi connectivity index (χ1v) is 6.35. The minimum Gasteiger partial charge on any atom is -0.435 e. The fraction of sp³-hybridized carbons (Fsp3) is 0.357. The predicted octanol–water partition coefficient (Wildman–Crippen LogP) is 3.43. The largest absolute Gasteiger partial charge is 0.435 e. The van der Waals surface area contributed by atoms with Gasteiger partial charge in [0.05, 0.1) is 18.6 Å². The number of aromatic nitrogens is 2. The number of benzene rings is 1. The number of H-pyrrole nitrogens is 1. The van der Waals surface area contributed by atoms with E-state index in [0.717, 1.165) is 11.4 Å². The second-order valence-electron chi connectivity index (χ2n) is 4.67. The van der Waals surface area contributed by atoms with E-state index in [4.69, 9.17) is 0 Å². The number of nitrogens with one attached hydrogen (secondary N) is 1. The van der Waals surface area contributed by atoms with Gasteiger partial charge >= 0.3 is 6.61 Å². The third-order valence-corrected chi connectivity index (χ3v) is 2.89. The highest BCUT2D eigenvalue weighted by atomic mass is 19.3. The van der Waals surface area contributed by atoms with Gasteiger partial charge in [0, 0.05) is 24.0 Å². The molecule has 108 valence electrons. The number of hydrogen-bond donors (Lipinski definition) is 1. The van der Waals surface area contributed by atoms with Gasteiger partial charge in [0.15, 0.2) is 0 Å². The molecule has 0 amide bonds. The number of alkyl halides is 2. The van der Waals surface area contributed by atoms with E-state index in [2.05, 4.69) is 19.6 Å². The minimum absolute atomic E-state index is 0.160. The Bertz CT molecular complexity index is 529. The SMILES string of the molecule is CC(C)N(Cc1cnc[nH]1)c1cccc(OC(F)F)c1. The lowest BCUT2D eigenvalue weighted by Crippen LogP contribution is -2.30. The highest BCUT2D eigenvalue weighted by Gasteiger charge is 2.13. The van der Waals surface area contributed by atoms with Crippen molar-refractivity contribution in [3.63, 3.8) is 0 Å². The third-order valence-electron chi connectivity index (χ3n) is 2.89. The molecule has 6 heteroatoms. The number of anilines is 1. The first kappa shape index (κ1) is 14.3. The molecule has 1 heterocycles. The minimum atomic E-state index is -2.81. The molecule has 1 N–H and O–H groups in total. The molecule has 0 aliphatic heterocycles. The zero-order valence-electron chi connectivity index (χ0n) is 11.4. The Labute approximate surface area is 116 Å². The molecule has 0 bridgehead atoms. The summed E-state index contributed by atoms with van der Waals surface area (Å²) in [7, 11) is 0. The molecule has 0 atom stereocenters. The van der Waals surface area contributed by atoms with Crippen LogP contribution in [-0.2, 0) is 6.54 Å².